The Hall–Kier alpha value is -0.860. The highest BCUT2D eigenvalue weighted by atomic mass is 16.5. The number of ether oxygens (including phenoxy) is 1. The van der Waals surface area contributed by atoms with Gasteiger partial charge in [0, 0.05) is 18.6 Å². The summed E-state index contributed by atoms with van der Waals surface area (Å²) in [5.41, 5.74) is 1.78. The Morgan fingerprint density at radius 3 is 2.53 bits per heavy atom. The van der Waals surface area contributed by atoms with Crippen LogP contribution >= 0.6 is 0 Å². The zero-order chi connectivity index (χ0) is 11.9. The summed E-state index contributed by atoms with van der Waals surface area (Å²) in [7, 11) is 0. The normalized spacial score (nSPS) is 26.0. The van der Waals surface area contributed by atoms with Crippen LogP contribution in [-0.2, 0) is 11.3 Å². The molecule has 0 radical (unpaired) electrons. The van der Waals surface area contributed by atoms with Gasteiger partial charge in [0.05, 0.1) is 12.2 Å². The van der Waals surface area contributed by atoms with Crippen LogP contribution in [0.2, 0.25) is 0 Å². The van der Waals surface area contributed by atoms with Crippen LogP contribution in [0.5, 0.6) is 0 Å². The molecule has 3 rings (SSSR count). The molecule has 2 nitrogen and oxygen atoms in total. The van der Waals surface area contributed by atoms with Crippen LogP contribution in [0.1, 0.15) is 32.3 Å². The molecule has 1 aliphatic heterocycles. The number of benzene rings is 1. The molecular formula is C15H21NO. The lowest BCUT2D eigenvalue weighted by Crippen LogP contribution is -2.55. The van der Waals surface area contributed by atoms with Gasteiger partial charge in [-0.25, -0.2) is 0 Å². The van der Waals surface area contributed by atoms with Crippen molar-refractivity contribution in [1.29, 1.82) is 0 Å². The highest BCUT2D eigenvalue weighted by Crippen LogP contribution is 2.46. The van der Waals surface area contributed by atoms with Gasteiger partial charge in [-0.05, 0) is 32.3 Å². The van der Waals surface area contributed by atoms with E-state index in [1.165, 1.54) is 18.4 Å². The van der Waals surface area contributed by atoms with Gasteiger partial charge in [-0.1, -0.05) is 30.3 Å². The van der Waals surface area contributed by atoms with Crippen molar-refractivity contribution in [1.82, 2.24) is 4.90 Å². The van der Waals surface area contributed by atoms with Gasteiger partial charge in [0.15, 0.2) is 0 Å². The van der Waals surface area contributed by atoms with Crippen molar-refractivity contribution >= 4 is 0 Å². The Morgan fingerprint density at radius 1 is 1.18 bits per heavy atom. The number of nitrogens with zero attached hydrogens (tertiary/aromatic N) is 1. The van der Waals surface area contributed by atoms with E-state index in [2.05, 4.69) is 49.1 Å². The molecule has 0 N–H and O–H groups in total. The van der Waals surface area contributed by atoms with Gasteiger partial charge in [0.25, 0.3) is 0 Å². The molecule has 1 aromatic rings. The Morgan fingerprint density at radius 2 is 1.88 bits per heavy atom. The van der Waals surface area contributed by atoms with Gasteiger partial charge < -0.3 is 4.74 Å². The summed E-state index contributed by atoms with van der Waals surface area (Å²) >= 11 is 0. The molecule has 2 fully saturated rings. The van der Waals surface area contributed by atoms with Crippen LogP contribution in [0.3, 0.4) is 0 Å². The second kappa shape index (κ2) is 3.82. The molecule has 1 saturated carbocycles. The average Bonchev–Trinajstić information content (AvgIpc) is 3.07. The predicted molar refractivity (Wildman–Crippen MR) is 68.8 cm³/mol. The first kappa shape index (κ1) is 11.2. The fourth-order valence-corrected chi connectivity index (χ4v) is 2.73. The average molecular weight is 231 g/mol. The van der Waals surface area contributed by atoms with Gasteiger partial charge in [-0.15, -0.1) is 0 Å². The predicted octanol–water partition coefficient (Wildman–Crippen LogP) is 2.83. The quantitative estimate of drug-likeness (QED) is 0.776. The maximum Gasteiger partial charge on any atom is 0.0754 e. The van der Waals surface area contributed by atoms with Crippen molar-refractivity contribution in [3.63, 3.8) is 0 Å². The molecule has 0 atom stereocenters. The fourth-order valence-electron chi connectivity index (χ4n) is 2.73. The molecule has 17 heavy (non-hydrogen) atoms. The molecule has 2 heteroatoms. The van der Waals surface area contributed by atoms with E-state index in [1.807, 2.05) is 0 Å². The third-order valence-corrected chi connectivity index (χ3v) is 4.02. The first-order valence-corrected chi connectivity index (χ1v) is 6.53. The lowest BCUT2D eigenvalue weighted by Gasteiger charge is -2.44. The first-order chi connectivity index (χ1) is 8.10. The highest BCUT2D eigenvalue weighted by Gasteiger charge is 2.53. The number of hydrogen-bond donors (Lipinski definition) is 0. The minimum absolute atomic E-state index is 0.00260. The van der Waals surface area contributed by atoms with Gasteiger partial charge in [-0.3, -0.25) is 4.90 Å². The second-order valence-corrected chi connectivity index (χ2v) is 6.11. The monoisotopic (exact) mass is 231 g/mol. The molecule has 1 aliphatic carbocycles. The van der Waals surface area contributed by atoms with Crippen LogP contribution in [0.15, 0.2) is 30.3 Å². The second-order valence-electron chi connectivity index (χ2n) is 6.11. The molecular weight excluding hydrogens is 210 g/mol. The Kier molecular flexibility index (Phi) is 2.53. The lowest BCUT2D eigenvalue weighted by molar-refractivity contribution is -0.126. The van der Waals surface area contributed by atoms with E-state index in [9.17, 15) is 0 Å². The van der Waals surface area contributed by atoms with E-state index >= 15 is 0 Å². The SMILES string of the molecule is CC1(C)CN(Cc2ccccc2)C2(CC2)CO1. The summed E-state index contributed by atoms with van der Waals surface area (Å²) in [4.78, 5) is 2.63. The van der Waals surface area contributed by atoms with Gasteiger partial charge in [0.1, 0.15) is 0 Å². The summed E-state index contributed by atoms with van der Waals surface area (Å²) in [6.45, 7) is 7.41. The summed E-state index contributed by atoms with van der Waals surface area (Å²) in [6, 6.07) is 10.8. The van der Waals surface area contributed by atoms with Crippen molar-refractivity contribution in [2.24, 2.45) is 0 Å². The van der Waals surface area contributed by atoms with Crippen molar-refractivity contribution in [3.05, 3.63) is 35.9 Å². The van der Waals surface area contributed by atoms with Gasteiger partial charge in [0.2, 0.25) is 0 Å². The summed E-state index contributed by atoms with van der Waals surface area (Å²) in [5.74, 6) is 0. The fraction of sp³-hybridized carbons (Fsp3) is 0.600. The number of hydrogen-bond acceptors (Lipinski definition) is 2. The van der Waals surface area contributed by atoms with E-state index in [4.69, 9.17) is 4.74 Å². The molecule has 1 saturated heterocycles. The third-order valence-electron chi connectivity index (χ3n) is 4.02. The molecule has 2 aliphatic rings. The summed E-state index contributed by atoms with van der Waals surface area (Å²) < 4.78 is 5.97. The van der Waals surface area contributed by atoms with E-state index in [1.54, 1.807) is 0 Å². The number of rotatable bonds is 2. The van der Waals surface area contributed by atoms with E-state index < -0.39 is 0 Å². The van der Waals surface area contributed by atoms with Crippen molar-refractivity contribution in [2.75, 3.05) is 13.2 Å². The lowest BCUT2D eigenvalue weighted by atomic mass is 10.0. The minimum atomic E-state index is 0.00260. The van der Waals surface area contributed by atoms with E-state index in [0.717, 1.165) is 19.7 Å². The zero-order valence-corrected chi connectivity index (χ0v) is 10.8. The van der Waals surface area contributed by atoms with E-state index in [-0.39, 0.29) is 5.60 Å². The Balaban J connectivity index is 1.76. The molecule has 92 valence electrons. The van der Waals surface area contributed by atoms with Gasteiger partial charge in [-0.2, -0.15) is 0 Å². The van der Waals surface area contributed by atoms with Crippen molar-refractivity contribution in [3.8, 4) is 0 Å². The van der Waals surface area contributed by atoms with Crippen LogP contribution < -0.4 is 0 Å². The highest BCUT2D eigenvalue weighted by molar-refractivity contribution is 5.17. The topological polar surface area (TPSA) is 12.5 Å². The largest absolute Gasteiger partial charge is 0.372 e. The summed E-state index contributed by atoms with van der Waals surface area (Å²) in [6.07, 6.45) is 2.60. The zero-order valence-electron chi connectivity index (χ0n) is 10.8. The number of morpholine rings is 1. The molecule has 0 unspecified atom stereocenters. The maximum atomic E-state index is 5.97. The van der Waals surface area contributed by atoms with Crippen LogP contribution in [0.25, 0.3) is 0 Å². The smallest absolute Gasteiger partial charge is 0.0754 e. The van der Waals surface area contributed by atoms with E-state index in [0.29, 0.717) is 5.54 Å². The van der Waals surface area contributed by atoms with Crippen LogP contribution in [0, 0.1) is 0 Å². The first-order valence-electron chi connectivity index (χ1n) is 6.53. The maximum absolute atomic E-state index is 5.97. The third kappa shape index (κ3) is 2.24. The standard InChI is InChI=1S/C15H21NO/c1-14(2)11-16(15(8-9-15)12-17-14)10-13-6-4-3-5-7-13/h3-7H,8-12H2,1-2H3. The summed E-state index contributed by atoms with van der Waals surface area (Å²) in [5, 5.41) is 0. The Labute approximate surface area is 104 Å². The Bertz CT molecular complexity index is 395. The molecule has 0 amide bonds. The van der Waals surface area contributed by atoms with Crippen molar-refractivity contribution in [2.45, 2.75) is 44.4 Å². The molecule has 1 heterocycles. The molecule has 0 bridgehead atoms. The minimum Gasteiger partial charge on any atom is -0.372 e. The van der Waals surface area contributed by atoms with Crippen LogP contribution in [-0.4, -0.2) is 29.2 Å². The van der Waals surface area contributed by atoms with Gasteiger partial charge >= 0.3 is 0 Å². The molecule has 1 aromatic carbocycles. The van der Waals surface area contributed by atoms with Crippen LogP contribution in [0.4, 0.5) is 0 Å². The molecule has 1 spiro atoms. The molecule has 0 aromatic heterocycles. The van der Waals surface area contributed by atoms with Crippen molar-refractivity contribution < 1.29 is 4.74 Å².